The van der Waals surface area contributed by atoms with Crippen LogP contribution in [0.2, 0.25) is 5.02 Å². The molecule has 3 rings (SSSR count). The number of halogens is 1. The molecule has 1 aromatic rings. The highest BCUT2D eigenvalue weighted by Crippen LogP contribution is 2.28. The second kappa shape index (κ2) is 7.66. The lowest BCUT2D eigenvalue weighted by molar-refractivity contribution is -0.143. The van der Waals surface area contributed by atoms with Crippen LogP contribution in [0.3, 0.4) is 0 Å². The van der Waals surface area contributed by atoms with Crippen LogP contribution in [0.1, 0.15) is 20.3 Å². The lowest BCUT2D eigenvalue weighted by atomic mass is 10.1. The molecular weight excluding hydrogens is 354 g/mol. The van der Waals surface area contributed by atoms with Gasteiger partial charge < -0.3 is 14.7 Å². The molecule has 6 nitrogen and oxygen atoms in total. The van der Waals surface area contributed by atoms with Gasteiger partial charge in [0.2, 0.25) is 17.7 Å². The van der Waals surface area contributed by atoms with E-state index in [1.807, 2.05) is 24.8 Å². The zero-order valence-corrected chi connectivity index (χ0v) is 15.9. The summed E-state index contributed by atoms with van der Waals surface area (Å²) in [6, 6.07) is 7.12. The maximum absolute atomic E-state index is 12.8. The fourth-order valence-electron chi connectivity index (χ4n) is 3.54. The molecule has 0 radical (unpaired) electrons. The number of nitrogens with zero attached hydrogens (tertiary/aromatic N) is 3. The monoisotopic (exact) mass is 377 g/mol. The van der Waals surface area contributed by atoms with Crippen LogP contribution < -0.4 is 4.90 Å². The Kier molecular flexibility index (Phi) is 5.51. The molecule has 0 N–H and O–H groups in total. The van der Waals surface area contributed by atoms with Gasteiger partial charge in [0.15, 0.2) is 0 Å². The molecule has 2 aliphatic heterocycles. The van der Waals surface area contributed by atoms with E-state index in [1.165, 1.54) is 0 Å². The van der Waals surface area contributed by atoms with Crippen molar-refractivity contribution in [2.24, 2.45) is 11.8 Å². The number of benzene rings is 1. The summed E-state index contributed by atoms with van der Waals surface area (Å²) in [5.41, 5.74) is 0.727. The minimum absolute atomic E-state index is 0.000441. The van der Waals surface area contributed by atoms with Crippen molar-refractivity contribution in [1.82, 2.24) is 9.80 Å². The molecule has 1 atom stereocenters. The van der Waals surface area contributed by atoms with Crippen molar-refractivity contribution in [2.45, 2.75) is 20.3 Å². The molecule has 0 saturated carbocycles. The molecule has 2 heterocycles. The summed E-state index contributed by atoms with van der Waals surface area (Å²) in [5, 5.41) is 0.566. The van der Waals surface area contributed by atoms with Gasteiger partial charge in [-0.15, -0.1) is 0 Å². The quantitative estimate of drug-likeness (QED) is 0.809. The summed E-state index contributed by atoms with van der Waals surface area (Å²) in [5.74, 6) is -0.302. The molecule has 0 bridgehead atoms. The van der Waals surface area contributed by atoms with Crippen LogP contribution >= 0.6 is 11.6 Å². The first-order valence-electron chi connectivity index (χ1n) is 9.00. The number of amides is 3. The Morgan fingerprint density at radius 1 is 1.12 bits per heavy atom. The van der Waals surface area contributed by atoms with Crippen LogP contribution in [0.4, 0.5) is 5.69 Å². The highest BCUT2D eigenvalue weighted by molar-refractivity contribution is 6.31. The van der Waals surface area contributed by atoms with Crippen LogP contribution in [-0.2, 0) is 14.4 Å². The van der Waals surface area contributed by atoms with E-state index in [0.29, 0.717) is 37.7 Å². The Bertz CT molecular complexity index is 714. The number of anilines is 1. The molecule has 7 heteroatoms. The highest BCUT2D eigenvalue weighted by Gasteiger charge is 2.38. The fourth-order valence-corrected chi connectivity index (χ4v) is 3.72. The maximum atomic E-state index is 12.8. The Morgan fingerprint density at radius 2 is 1.77 bits per heavy atom. The zero-order chi connectivity index (χ0) is 18.8. The van der Waals surface area contributed by atoms with Crippen molar-refractivity contribution >= 4 is 35.0 Å². The molecule has 140 valence electrons. The van der Waals surface area contributed by atoms with Gasteiger partial charge in [0.05, 0.1) is 5.92 Å². The van der Waals surface area contributed by atoms with Gasteiger partial charge in [-0.3, -0.25) is 14.4 Å². The number of rotatable bonds is 3. The number of hydrogen-bond acceptors (Lipinski definition) is 3. The molecule has 0 aromatic heterocycles. The van der Waals surface area contributed by atoms with E-state index in [-0.39, 0.29) is 36.0 Å². The average molecular weight is 378 g/mol. The minimum atomic E-state index is -0.339. The molecule has 3 amide bonds. The van der Waals surface area contributed by atoms with E-state index in [9.17, 15) is 14.4 Å². The molecule has 2 fully saturated rings. The predicted octanol–water partition coefficient (Wildman–Crippen LogP) is 2.02. The molecular formula is C19H24ClN3O3. The van der Waals surface area contributed by atoms with Gasteiger partial charge in [-0.1, -0.05) is 31.5 Å². The van der Waals surface area contributed by atoms with E-state index in [0.717, 1.165) is 5.69 Å². The van der Waals surface area contributed by atoms with Crippen molar-refractivity contribution in [1.29, 1.82) is 0 Å². The average Bonchev–Trinajstić information content (AvgIpc) is 3.02. The topological polar surface area (TPSA) is 60.9 Å². The van der Waals surface area contributed by atoms with Crippen molar-refractivity contribution in [3.8, 4) is 0 Å². The standard InChI is InChI=1S/C19H24ClN3O3/c1-13(2)18(25)21-6-8-22(9-7-21)19(26)14-10-17(24)23(12-14)16-5-3-4-15(20)11-16/h3-5,11,13-14H,6-10,12H2,1-2H3/t14-/m0/s1. The Balaban J connectivity index is 1.60. The predicted molar refractivity (Wildman–Crippen MR) is 99.9 cm³/mol. The van der Waals surface area contributed by atoms with E-state index in [4.69, 9.17) is 11.6 Å². The van der Waals surface area contributed by atoms with Crippen LogP contribution in [0, 0.1) is 11.8 Å². The first-order valence-corrected chi connectivity index (χ1v) is 9.38. The van der Waals surface area contributed by atoms with Crippen LogP contribution in [0.5, 0.6) is 0 Å². The Labute approximate surface area is 158 Å². The summed E-state index contributed by atoms with van der Waals surface area (Å²) in [6.07, 6.45) is 0.219. The second-order valence-electron chi connectivity index (χ2n) is 7.19. The largest absolute Gasteiger partial charge is 0.339 e. The second-order valence-corrected chi connectivity index (χ2v) is 7.63. The third-order valence-corrected chi connectivity index (χ3v) is 5.23. The summed E-state index contributed by atoms with van der Waals surface area (Å²) >= 11 is 6.01. The molecule has 0 unspecified atom stereocenters. The van der Waals surface area contributed by atoms with Crippen molar-refractivity contribution in [2.75, 3.05) is 37.6 Å². The maximum Gasteiger partial charge on any atom is 0.228 e. The SMILES string of the molecule is CC(C)C(=O)N1CCN(C(=O)[C@H]2CC(=O)N(c3cccc(Cl)c3)C2)CC1. The van der Waals surface area contributed by atoms with Gasteiger partial charge in [-0.2, -0.15) is 0 Å². The van der Waals surface area contributed by atoms with Crippen LogP contribution in [0.25, 0.3) is 0 Å². The van der Waals surface area contributed by atoms with E-state index in [1.54, 1.807) is 28.0 Å². The normalized spacial score (nSPS) is 20.8. The van der Waals surface area contributed by atoms with Crippen molar-refractivity contribution < 1.29 is 14.4 Å². The number of carbonyl (C=O) groups excluding carboxylic acids is 3. The Hall–Kier alpha value is -2.08. The molecule has 2 aliphatic rings. The van der Waals surface area contributed by atoms with Gasteiger partial charge in [0.1, 0.15) is 0 Å². The number of carbonyl (C=O) groups is 3. The van der Waals surface area contributed by atoms with Crippen molar-refractivity contribution in [3.05, 3.63) is 29.3 Å². The minimum Gasteiger partial charge on any atom is -0.339 e. The van der Waals surface area contributed by atoms with Gasteiger partial charge in [-0.25, -0.2) is 0 Å². The smallest absolute Gasteiger partial charge is 0.228 e. The van der Waals surface area contributed by atoms with E-state index < -0.39 is 0 Å². The van der Waals surface area contributed by atoms with Crippen LogP contribution in [-0.4, -0.2) is 60.2 Å². The van der Waals surface area contributed by atoms with Gasteiger partial charge in [-0.05, 0) is 18.2 Å². The fraction of sp³-hybridized carbons (Fsp3) is 0.526. The Morgan fingerprint density at radius 3 is 2.38 bits per heavy atom. The number of hydrogen-bond donors (Lipinski definition) is 0. The molecule has 2 saturated heterocycles. The summed E-state index contributed by atoms with van der Waals surface area (Å²) in [6.45, 7) is 6.31. The molecule has 0 aliphatic carbocycles. The van der Waals surface area contributed by atoms with Crippen LogP contribution in [0.15, 0.2) is 24.3 Å². The first kappa shape index (κ1) is 18.7. The zero-order valence-electron chi connectivity index (χ0n) is 15.2. The lowest BCUT2D eigenvalue weighted by Gasteiger charge is -2.36. The molecule has 1 aromatic carbocycles. The van der Waals surface area contributed by atoms with Gasteiger partial charge >= 0.3 is 0 Å². The summed E-state index contributed by atoms with van der Waals surface area (Å²) in [7, 11) is 0. The third-order valence-electron chi connectivity index (χ3n) is 4.99. The summed E-state index contributed by atoms with van der Waals surface area (Å²) < 4.78 is 0. The van der Waals surface area contributed by atoms with Crippen molar-refractivity contribution in [3.63, 3.8) is 0 Å². The molecule has 26 heavy (non-hydrogen) atoms. The number of piperazine rings is 1. The third kappa shape index (κ3) is 3.85. The van der Waals surface area contributed by atoms with E-state index in [2.05, 4.69) is 0 Å². The molecule has 0 spiro atoms. The van der Waals surface area contributed by atoms with E-state index >= 15 is 0 Å². The lowest BCUT2D eigenvalue weighted by Crippen LogP contribution is -2.53. The summed E-state index contributed by atoms with van der Waals surface area (Å²) in [4.78, 5) is 42.5. The van der Waals surface area contributed by atoms with Gasteiger partial charge in [0, 0.05) is 55.8 Å². The highest BCUT2D eigenvalue weighted by atomic mass is 35.5. The first-order chi connectivity index (χ1) is 12.4. The van der Waals surface area contributed by atoms with Gasteiger partial charge in [0.25, 0.3) is 0 Å².